The van der Waals surface area contributed by atoms with Crippen molar-refractivity contribution in [1.82, 2.24) is 5.32 Å². The van der Waals surface area contributed by atoms with Crippen molar-refractivity contribution >= 4 is 12.4 Å². The lowest BCUT2D eigenvalue weighted by Gasteiger charge is -2.23. The Labute approximate surface area is 96.7 Å². The summed E-state index contributed by atoms with van der Waals surface area (Å²) < 4.78 is 5.18. The van der Waals surface area contributed by atoms with Gasteiger partial charge in [-0.15, -0.1) is 0 Å². The van der Waals surface area contributed by atoms with Crippen LogP contribution in [0.2, 0.25) is 0 Å². The van der Waals surface area contributed by atoms with Crippen molar-refractivity contribution in [3.8, 4) is 0 Å². The highest BCUT2D eigenvalue weighted by Gasteiger charge is 2.32. The molecule has 0 aromatic carbocycles. The second-order valence-corrected chi connectivity index (χ2v) is 5.60. The van der Waals surface area contributed by atoms with E-state index >= 15 is 0 Å². The van der Waals surface area contributed by atoms with Crippen LogP contribution in [0, 0.1) is 11.8 Å². The molecule has 4 nitrogen and oxygen atoms in total. The van der Waals surface area contributed by atoms with Crippen LogP contribution in [0.5, 0.6) is 0 Å². The average molecular weight is 227 g/mol. The van der Waals surface area contributed by atoms with Gasteiger partial charge in [0.05, 0.1) is 0 Å². The van der Waals surface area contributed by atoms with E-state index in [1.54, 1.807) is 0 Å². The van der Waals surface area contributed by atoms with Crippen molar-refractivity contribution in [1.29, 1.82) is 0 Å². The first-order valence-electron chi connectivity index (χ1n) is 5.76. The standard InChI is InChI=1S/C12H21NO3/c1-8-5-9(7-14)6-10(8)13-11(15)16-12(2,3)4/h7-10H,5-6H2,1-4H3,(H,13,15). The molecular formula is C12H21NO3. The Hall–Kier alpha value is -1.06. The number of ether oxygens (including phenoxy) is 1. The fourth-order valence-corrected chi connectivity index (χ4v) is 2.07. The maximum atomic E-state index is 11.5. The molecule has 3 unspecified atom stereocenters. The summed E-state index contributed by atoms with van der Waals surface area (Å²) in [6, 6.07) is 0.0602. The van der Waals surface area contributed by atoms with E-state index in [9.17, 15) is 9.59 Å². The van der Waals surface area contributed by atoms with Gasteiger partial charge in [0.1, 0.15) is 11.9 Å². The molecule has 0 heterocycles. The number of nitrogens with one attached hydrogen (secondary N) is 1. The fourth-order valence-electron chi connectivity index (χ4n) is 2.07. The first-order chi connectivity index (χ1) is 7.31. The molecular weight excluding hydrogens is 206 g/mol. The Morgan fingerprint density at radius 1 is 1.38 bits per heavy atom. The van der Waals surface area contributed by atoms with Crippen LogP contribution in [0.3, 0.4) is 0 Å². The molecule has 0 aliphatic heterocycles. The van der Waals surface area contributed by atoms with Crippen molar-refractivity contribution in [3.05, 3.63) is 0 Å². The molecule has 1 aliphatic rings. The normalized spacial score (nSPS) is 29.9. The predicted molar refractivity (Wildman–Crippen MR) is 61.1 cm³/mol. The summed E-state index contributed by atoms with van der Waals surface area (Å²) in [4.78, 5) is 22.2. The van der Waals surface area contributed by atoms with E-state index in [-0.39, 0.29) is 12.0 Å². The van der Waals surface area contributed by atoms with Crippen LogP contribution in [0.25, 0.3) is 0 Å². The summed E-state index contributed by atoms with van der Waals surface area (Å²) in [5, 5.41) is 2.83. The second kappa shape index (κ2) is 4.85. The summed E-state index contributed by atoms with van der Waals surface area (Å²) in [6.45, 7) is 7.54. The minimum Gasteiger partial charge on any atom is -0.444 e. The molecule has 92 valence electrons. The zero-order valence-corrected chi connectivity index (χ0v) is 10.4. The molecule has 0 bridgehead atoms. The van der Waals surface area contributed by atoms with Crippen LogP contribution >= 0.6 is 0 Å². The predicted octanol–water partition coefficient (Wildman–Crippen LogP) is 2.12. The van der Waals surface area contributed by atoms with Gasteiger partial charge in [0.25, 0.3) is 0 Å². The maximum Gasteiger partial charge on any atom is 0.407 e. The maximum absolute atomic E-state index is 11.5. The Bertz CT molecular complexity index is 270. The lowest BCUT2D eigenvalue weighted by atomic mass is 10.1. The lowest BCUT2D eigenvalue weighted by Crippen LogP contribution is -2.40. The van der Waals surface area contributed by atoms with Crippen molar-refractivity contribution in [2.45, 2.75) is 52.2 Å². The van der Waals surface area contributed by atoms with Gasteiger partial charge in [0, 0.05) is 12.0 Å². The molecule has 1 aliphatic carbocycles. The lowest BCUT2D eigenvalue weighted by molar-refractivity contribution is -0.111. The van der Waals surface area contributed by atoms with Gasteiger partial charge in [-0.1, -0.05) is 6.92 Å². The molecule has 3 atom stereocenters. The van der Waals surface area contributed by atoms with E-state index in [0.717, 1.165) is 19.1 Å². The number of rotatable bonds is 2. The quantitative estimate of drug-likeness (QED) is 0.735. The van der Waals surface area contributed by atoms with Crippen LogP contribution in [0.1, 0.15) is 40.5 Å². The fraction of sp³-hybridized carbons (Fsp3) is 0.833. The molecule has 4 heteroatoms. The van der Waals surface area contributed by atoms with Crippen LogP contribution < -0.4 is 5.32 Å². The zero-order valence-electron chi connectivity index (χ0n) is 10.4. The van der Waals surface area contributed by atoms with Gasteiger partial charge in [-0.3, -0.25) is 0 Å². The molecule has 1 amide bonds. The number of carbonyl (C=O) groups excluding carboxylic acids is 2. The topological polar surface area (TPSA) is 55.4 Å². The highest BCUT2D eigenvalue weighted by Crippen LogP contribution is 2.29. The Morgan fingerprint density at radius 3 is 2.44 bits per heavy atom. The third-order valence-corrected chi connectivity index (χ3v) is 2.81. The summed E-state index contributed by atoms with van der Waals surface area (Å²) in [6.07, 6.45) is 2.16. The molecule has 16 heavy (non-hydrogen) atoms. The molecule has 1 fully saturated rings. The number of hydrogen-bond acceptors (Lipinski definition) is 3. The minimum atomic E-state index is -0.476. The third-order valence-electron chi connectivity index (χ3n) is 2.81. The van der Waals surface area contributed by atoms with E-state index in [1.165, 1.54) is 0 Å². The molecule has 0 aromatic heterocycles. The SMILES string of the molecule is CC1CC(C=O)CC1NC(=O)OC(C)(C)C. The number of hydrogen-bond donors (Lipinski definition) is 1. The first kappa shape index (κ1) is 13.0. The van der Waals surface area contributed by atoms with Crippen molar-refractivity contribution in [2.75, 3.05) is 0 Å². The minimum absolute atomic E-state index is 0.0602. The monoisotopic (exact) mass is 227 g/mol. The smallest absolute Gasteiger partial charge is 0.407 e. The van der Waals surface area contributed by atoms with Gasteiger partial charge >= 0.3 is 6.09 Å². The van der Waals surface area contributed by atoms with Gasteiger partial charge in [-0.05, 0) is 39.5 Å². The van der Waals surface area contributed by atoms with Crippen molar-refractivity contribution in [3.63, 3.8) is 0 Å². The van der Waals surface area contributed by atoms with E-state index in [4.69, 9.17) is 4.74 Å². The highest BCUT2D eigenvalue weighted by atomic mass is 16.6. The molecule has 1 saturated carbocycles. The van der Waals surface area contributed by atoms with Gasteiger partial charge in [0.2, 0.25) is 0 Å². The third kappa shape index (κ3) is 3.83. The van der Waals surface area contributed by atoms with E-state index in [2.05, 4.69) is 5.32 Å². The second-order valence-electron chi connectivity index (χ2n) is 5.60. The molecule has 1 N–H and O–H groups in total. The highest BCUT2D eigenvalue weighted by molar-refractivity contribution is 5.68. The summed E-state index contributed by atoms with van der Waals surface area (Å²) in [7, 11) is 0. The number of alkyl carbamates (subject to hydrolysis) is 1. The summed E-state index contributed by atoms with van der Waals surface area (Å²) in [5.41, 5.74) is -0.476. The van der Waals surface area contributed by atoms with Crippen molar-refractivity contribution < 1.29 is 14.3 Å². The number of amides is 1. The molecule has 0 spiro atoms. The Balaban J connectivity index is 2.43. The summed E-state index contributed by atoms with van der Waals surface area (Å²) >= 11 is 0. The largest absolute Gasteiger partial charge is 0.444 e. The molecule has 0 radical (unpaired) electrons. The van der Waals surface area contributed by atoms with Crippen LogP contribution in [-0.4, -0.2) is 24.0 Å². The van der Waals surface area contributed by atoms with E-state index in [1.807, 2.05) is 27.7 Å². The summed E-state index contributed by atoms with van der Waals surface area (Å²) in [5.74, 6) is 0.414. The first-order valence-corrected chi connectivity index (χ1v) is 5.76. The van der Waals surface area contributed by atoms with Gasteiger partial charge in [-0.2, -0.15) is 0 Å². The number of carbonyl (C=O) groups is 2. The van der Waals surface area contributed by atoms with E-state index < -0.39 is 11.7 Å². The van der Waals surface area contributed by atoms with E-state index in [0.29, 0.717) is 5.92 Å². The van der Waals surface area contributed by atoms with Crippen LogP contribution in [0.15, 0.2) is 0 Å². The Morgan fingerprint density at radius 2 is 2.00 bits per heavy atom. The number of aldehydes is 1. The average Bonchev–Trinajstić information content (AvgIpc) is 2.44. The van der Waals surface area contributed by atoms with Gasteiger partial charge in [0.15, 0.2) is 0 Å². The molecule has 0 aromatic rings. The van der Waals surface area contributed by atoms with Crippen LogP contribution in [0.4, 0.5) is 4.79 Å². The Kier molecular flexibility index (Phi) is 3.94. The zero-order chi connectivity index (χ0) is 12.3. The van der Waals surface area contributed by atoms with Crippen LogP contribution in [-0.2, 0) is 9.53 Å². The van der Waals surface area contributed by atoms with Gasteiger partial charge in [-0.25, -0.2) is 4.79 Å². The van der Waals surface area contributed by atoms with Gasteiger partial charge < -0.3 is 14.8 Å². The van der Waals surface area contributed by atoms with Crippen molar-refractivity contribution in [2.24, 2.45) is 11.8 Å². The molecule has 0 saturated heterocycles. The molecule has 1 rings (SSSR count).